The van der Waals surface area contributed by atoms with Crippen LogP contribution in [0.4, 0.5) is 5.82 Å². The molecule has 2 saturated carbocycles. The van der Waals surface area contributed by atoms with Crippen LogP contribution >= 0.6 is 0 Å². The fourth-order valence-electron chi connectivity index (χ4n) is 7.39. The summed E-state index contributed by atoms with van der Waals surface area (Å²) in [6.45, 7) is 15.4. The van der Waals surface area contributed by atoms with Crippen LogP contribution in [0, 0.1) is 22.7 Å². The highest BCUT2D eigenvalue weighted by atomic mass is 16.7. The summed E-state index contributed by atoms with van der Waals surface area (Å²) in [6.07, 6.45) is 13.2. The molecule has 1 aliphatic heterocycles. The Morgan fingerprint density at radius 2 is 1.94 bits per heavy atom. The third-order valence-corrected chi connectivity index (χ3v) is 9.92. The number of anilines is 1. The first-order valence-corrected chi connectivity index (χ1v) is 12.4. The fourth-order valence-corrected chi connectivity index (χ4v) is 7.39. The molecule has 3 aliphatic rings. The highest BCUT2D eigenvalue weighted by Crippen LogP contribution is 2.63. The lowest BCUT2D eigenvalue weighted by Gasteiger charge is -2.59. The molecule has 32 heavy (non-hydrogen) atoms. The molecule has 0 unspecified atom stereocenters. The van der Waals surface area contributed by atoms with Gasteiger partial charge in [-0.25, -0.2) is 20.0 Å². The van der Waals surface area contributed by atoms with E-state index in [4.69, 9.17) is 4.84 Å². The predicted octanol–water partition coefficient (Wildman–Crippen LogP) is 5.94. The van der Waals surface area contributed by atoms with Crippen LogP contribution < -0.4 is 5.06 Å². The van der Waals surface area contributed by atoms with Crippen molar-refractivity contribution in [3.8, 4) is 0 Å². The van der Waals surface area contributed by atoms with E-state index in [2.05, 4.69) is 58.9 Å². The van der Waals surface area contributed by atoms with Crippen molar-refractivity contribution in [1.82, 2.24) is 19.5 Å². The Kier molecular flexibility index (Phi) is 5.16. The molecule has 0 radical (unpaired) electrons. The van der Waals surface area contributed by atoms with Gasteiger partial charge in [-0.3, -0.25) is 4.84 Å². The van der Waals surface area contributed by atoms with E-state index >= 15 is 0 Å². The van der Waals surface area contributed by atoms with Gasteiger partial charge < -0.3 is 4.57 Å². The minimum absolute atomic E-state index is 0.142. The van der Waals surface area contributed by atoms with Crippen molar-refractivity contribution >= 4 is 17.0 Å². The van der Waals surface area contributed by atoms with E-state index in [0.717, 1.165) is 42.3 Å². The van der Waals surface area contributed by atoms with E-state index < -0.39 is 0 Å². The lowest BCUT2D eigenvalue weighted by atomic mass is 9.46. The maximum absolute atomic E-state index is 6.03. The quantitative estimate of drug-likeness (QED) is 0.554. The molecule has 0 bridgehead atoms. The smallest absolute Gasteiger partial charge is 0.183 e. The Balaban J connectivity index is 1.46. The van der Waals surface area contributed by atoms with Crippen LogP contribution in [-0.4, -0.2) is 32.2 Å². The number of fused-ring (bicyclic) bond motifs is 1. The molecular weight excluding hydrogens is 398 g/mol. The highest BCUT2D eigenvalue weighted by Gasteiger charge is 2.54. The molecule has 2 aromatic rings. The van der Waals surface area contributed by atoms with Gasteiger partial charge in [0.2, 0.25) is 0 Å². The van der Waals surface area contributed by atoms with E-state index in [1.807, 2.05) is 6.33 Å². The topological polar surface area (TPSA) is 56.1 Å². The molecule has 0 aromatic carbocycles. The maximum Gasteiger partial charge on any atom is 0.183 e. The molecule has 2 aliphatic carbocycles. The molecule has 5 atom stereocenters. The minimum atomic E-state index is -0.142. The number of nitrogens with zero attached hydrogens (tertiary/aromatic N) is 5. The maximum atomic E-state index is 6.03. The summed E-state index contributed by atoms with van der Waals surface area (Å²) in [7, 11) is 1.77. The minimum Gasteiger partial charge on any atom is -0.326 e. The number of hydrogen-bond donors (Lipinski definition) is 0. The van der Waals surface area contributed by atoms with Crippen molar-refractivity contribution in [3.63, 3.8) is 0 Å². The number of imidazole rings is 1. The number of hydroxylamine groups is 1. The second kappa shape index (κ2) is 7.54. The zero-order chi connectivity index (χ0) is 22.7. The van der Waals surface area contributed by atoms with Gasteiger partial charge in [-0.2, -0.15) is 0 Å². The zero-order valence-corrected chi connectivity index (χ0v) is 20.5. The molecule has 0 N–H and O–H groups in total. The van der Waals surface area contributed by atoms with Gasteiger partial charge in [0.05, 0.1) is 19.0 Å². The zero-order valence-electron chi connectivity index (χ0n) is 20.5. The average Bonchev–Trinajstić information content (AvgIpc) is 3.15. The lowest BCUT2D eigenvalue weighted by Crippen LogP contribution is -2.52. The van der Waals surface area contributed by atoms with Crippen molar-refractivity contribution in [2.24, 2.45) is 22.7 Å². The van der Waals surface area contributed by atoms with Crippen LogP contribution in [-0.2, 0) is 11.4 Å². The first-order valence-electron chi connectivity index (χ1n) is 12.4. The Hall–Kier alpha value is -1.95. The van der Waals surface area contributed by atoms with Gasteiger partial charge in [-0.05, 0) is 81.0 Å². The lowest BCUT2D eigenvalue weighted by molar-refractivity contribution is -0.0613. The van der Waals surface area contributed by atoms with Gasteiger partial charge in [0.1, 0.15) is 11.8 Å². The van der Waals surface area contributed by atoms with Crippen LogP contribution in [0.15, 0.2) is 24.8 Å². The SMILES string of the molecule is C=C1CCC[C@H]2[C@](C)(CC[C@@]3(C)CCn4cnc5ncnc(c54)N3OC)[C@@H](C)CC[C@]12C. The molecule has 6 nitrogen and oxygen atoms in total. The van der Waals surface area contributed by atoms with E-state index in [-0.39, 0.29) is 5.54 Å². The molecule has 0 amide bonds. The molecule has 6 heteroatoms. The van der Waals surface area contributed by atoms with E-state index in [9.17, 15) is 0 Å². The van der Waals surface area contributed by atoms with Crippen molar-refractivity contribution in [1.29, 1.82) is 0 Å². The Labute approximate surface area is 192 Å². The molecule has 0 spiro atoms. The Morgan fingerprint density at radius 3 is 2.72 bits per heavy atom. The van der Waals surface area contributed by atoms with Crippen LogP contribution in [0.2, 0.25) is 0 Å². The Bertz CT molecular complexity index is 1030. The normalized spacial score (nSPS) is 37.4. The van der Waals surface area contributed by atoms with E-state index in [1.165, 1.54) is 44.1 Å². The second-order valence-electron chi connectivity index (χ2n) is 11.4. The number of allylic oxidation sites excluding steroid dienone is 1. The second-order valence-corrected chi connectivity index (χ2v) is 11.4. The molecule has 3 heterocycles. The van der Waals surface area contributed by atoms with E-state index in [0.29, 0.717) is 16.7 Å². The summed E-state index contributed by atoms with van der Waals surface area (Å²) in [5.41, 5.74) is 3.69. The molecule has 2 aromatic heterocycles. The van der Waals surface area contributed by atoms with Crippen molar-refractivity contribution in [3.05, 3.63) is 24.8 Å². The third kappa shape index (κ3) is 3.05. The van der Waals surface area contributed by atoms with Gasteiger partial charge in [-0.15, -0.1) is 0 Å². The largest absolute Gasteiger partial charge is 0.326 e. The van der Waals surface area contributed by atoms with Gasteiger partial charge in [-0.1, -0.05) is 32.9 Å². The third-order valence-electron chi connectivity index (χ3n) is 9.92. The van der Waals surface area contributed by atoms with Crippen molar-refractivity contribution in [2.75, 3.05) is 12.2 Å². The fraction of sp³-hybridized carbons (Fsp3) is 0.731. The van der Waals surface area contributed by atoms with Gasteiger partial charge >= 0.3 is 0 Å². The Morgan fingerprint density at radius 1 is 1.12 bits per heavy atom. The van der Waals surface area contributed by atoms with Crippen LogP contribution in [0.1, 0.15) is 79.1 Å². The molecular formula is C26H39N5O. The first kappa shape index (κ1) is 21.9. The summed E-state index contributed by atoms with van der Waals surface area (Å²) >= 11 is 0. The van der Waals surface area contributed by atoms with Crippen LogP contribution in [0.5, 0.6) is 0 Å². The van der Waals surface area contributed by atoms with Crippen LogP contribution in [0.3, 0.4) is 0 Å². The number of hydrogen-bond acceptors (Lipinski definition) is 5. The summed E-state index contributed by atoms with van der Waals surface area (Å²) in [6, 6.07) is 0. The standard InChI is InChI=1S/C26H39N5O/c1-18-8-7-9-20-25(18,4)11-10-19(2)26(20,5)13-12-24(3)14-15-30-17-29-22-21(30)23(28-16-27-22)31(24)32-6/h16-17,19-20H,1,7-15H2,2-6H3/t19-,20+,24-,25+,26+/m0/s1. The summed E-state index contributed by atoms with van der Waals surface area (Å²) in [5, 5.41) is 2.05. The monoisotopic (exact) mass is 437 g/mol. The van der Waals surface area contributed by atoms with Crippen molar-refractivity contribution in [2.45, 2.75) is 91.1 Å². The highest BCUT2D eigenvalue weighted by molar-refractivity contribution is 5.83. The summed E-state index contributed by atoms with van der Waals surface area (Å²) < 4.78 is 2.19. The van der Waals surface area contributed by atoms with Crippen molar-refractivity contribution < 1.29 is 4.84 Å². The number of aromatic nitrogens is 4. The number of aryl methyl sites for hydroxylation is 1. The summed E-state index contributed by atoms with van der Waals surface area (Å²) in [5.74, 6) is 2.28. The molecule has 2 fully saturated rings. The number of rotatable bonds is 4. The van der Waals surface area contributed by atoms with E-state index in [1.54, 1.807) is 13.4 Å². The predicted molar refractivity (Wildman–Crippen MR) is 128 cm³/mol. The summed E-state index contributed by atoms with van der Waals surface area (Å²) in [4.78, 5) is 19.5. The first-order chi connectivity index (χ1) is 15.2. The van der Waals surface area contributed by atoms with Crippen LogP contribution in [0.25, 0.3) is 11.2 Å². The molecule has 174 valence electrons. The van der Waals surface area contributed by atoms with Gasteiger partial charge in [0.15, 0.2) is 11.5 Å². The van der Waals surface area contributed by atoms with Gasteiger partial charge in [0.25, 0.3) is 0 Å². The molecule has 0 saturated heterocycles. The average molecular weight is 438 g/mol. The van der Waals surface area contributed by atoms with Gasteiger partial charge in [0, 0.05) is 6.54 Å². The molecule has 5 rings (SSSR count).